The molecule has 1 aromatic carbocycles. The fourth-order valence-electron chi connectivity index (χ4n) is 1.38. The van der Waals surface area contributed by atoms with Crippen LogP contribution in [0.2, 0.25) is 0 Å². The highest BCUT2D eigenvalue weighted by Crippen LogP contribution is 2.10. The van der Waals surface area contributed by atoms with Gasteiger partial charge in [0.25, 0.3) is 0 Å². The van der Waals surface area contributed by atoms with Crippen LogP contribution in [0, 0.1) is 0 Å². The number of amides is 1. The molecule has 0 aromatic heterocycles. The lowest BCUT2D eigenvalue weighted by Crippen LogP contribution is -2.56. The van der Waals surface area contributed by atoms with Crippen molar-refractivity contribution in [1.82, 2.24) is 5.32 Å². The number of ketones is 1. The Morgan fingerprint density at radius 1 is 1.35 bits per heavy atom. The van der Waals surface area contributed by atoms with Gasteiger partial charge in [-0.25, -0.2) is 4.79 Å². The minimum Gasteiger partial charge on any atom is -0.445 e. The first-order chi connectivity index (χ1) is 9.37. The average molecular weight is 302 g/mol. The van der Waals surface area contributed by atoms with Gasteiger partial charge in [-0.2, -0.15) is 0 Å². The van der Waals surface area contributed by atoms with Crippen LogP contribution in [0.4, 0.5) is 4.79 Å². The molecule has 1 atom stereocenters. The zero-order chi connectivity index (χ0) is 15.2. The van der Waals surface area contributed by atoms with E-state index < -0.39 is 29.6 Å². The van der Waals surface area contributed by atoms with Gasteiger partial charge >= 0.3 is 6.09 Å². The number of carbonyl (C=O) groups is 2. The SMILES string of the molecule is C[C@H](NC(=O)OCc1ccccc1)C(O)(O)C(=O)CCl. The molecule has 0 aliphatic carbocycles. The standard InChI is InChI=1S/C13H16ClNO5/c1-9(13(18,19)11(16)7-14)15-12(17)20-8-10-5-3-2-4-6-10/h2-6,9,18-19H,7-8H2,1H3,(H,15,17)/t9-/m0/s1. The van der Waals surface area contributed by atoms with Gasteiger partial charge in [-0.1, -0.05) is 30.3 Å². The highest BCUT2D eigenvalue weighted by atomic mass is 35.5. The molecular weight excluding hydrogens is 286 g/mol. The van der Waals surface area contributed by atoms with Gasteiger partial charge in [0, 0.05) is 0 Å². The highest BCUT2D eigenvalue weighted by Gasteiger charge is 2.39. The Bertz CT molecular complexity index is 463. The quantitative estimate of drug-likeness (QED) is 0.533. The second-order valence-corrected chi connectivity index (χ2v) is 4.48. The summed E-state index contributed by atoms with van der Waals surface area (Å²) < 4.78 is 4.89. The molecule has 0 fully saturated rings. The molecule has 0 unspecified atom stereocenters. The molecule has 20 heavy (non-hydrogen) atoms. The maximum absolute atomic E-state index is 11.5. The molecule has 0 aliphatic rings. The summed E-state index contributed by atoms with van der Waals surface area (Å²) in [5, 5.41) is 21.2. The van der Waals surface area contributed by atoms with Gasteiger partial charge in [-0.3, -0.25) is 4.79 Å². The van der Waals surface area contributed by atoms with Gasteiger partial charge in [0.1, 0.15) is 6.61 Å². The molecule has 3 N–H and O–H groups in total. The number of alkyl carbamates (subject to hydrolysis) is 1. The van der Waals surface area contributed by atoms with Gasteiger partial charge in [0.15, 0.2) is 0 Å². The lowest BCUT2D eigenvalue weighted by molar-refractivity contribution is -0.188. The number of nitrogens with one attached hydrogen (secondary N) is 1. The summed E-state index contributed by atoms with van der Waals surface area (Å²) in [5.74, 6) is -4.30. The number of benzene rings is 1. The van der Waals surface area contributed by atoms with Crippen molar-refractivity contribution in [1.29, 1.82) is 0 Å². The molecule has 7 heteroatoms. The third-order valence-electron chi connectivity index (χ3n) is 2.68. The Morgan fingerprint density at radius 3 is 2.50 bits per heavy atom. The van der Waals surface area contributed by atoms with Gasteiger partial charge in [-0.15, -0.1) is 11.6 Å². The predicted molar refractivity (Wildman–Crippen MR) is 72.1 cm³/mol. The number of rotatable bonds is 6. The van der Waals surface area contributed by atoms with E-state index >= 15 is 0 Å². The van der Waals surface area contributed by atoms with Crippen molar-refractivity contribution in [2.45, 2.75) is 25.4 Å². The molecule has 0 heterocycles. The number of alkyl halides is 1. The molecule has 1 rings (SSSR count). The summed E-state index contributed by atoms with van der Waals surface area (Å²) in [4.78, 5) is 22.7. The van der Waals surface area contributed by atoms with Crippen molar-refractivity contribution < 1.29 is 24.5 Å². The molecule has 1 amide bonds. The Labute approximate surface area is 121 Å². The number of carbonyl (C=O) groups excluding carboxylic acids is 2. The summed E-state index contributed by atoms with van der Waals surface area (Å²) in [6.45, 7) is 1.29. The zero-order valence-electron chi connectivity index (χ0n) is 10.9. The van der Waals surface area contributed by atoms with Gasteiger partial charge < -0.3 is 20.3 Å². The highest BCUT2D eigenvalue weighted by molar-refractivity contribution is 6.28. The topological polar surface area (TPSA) is 95.9 Å². The number of aliphatic hydroxyl groups is 2. The lowest BCUT2D eigenvalue weighted by atomic mass is 10.1. The summed E-state index contributed by atoms with van der Waals surface area (Å²) >= 11 is 5.24. The number of hydrogen-bond acceptors (Lipinski definition) is 5. The normalized spacial score (nSPS) is 12.6. The first-order valence-electron chi connectivity index (χ1n) is 5.89. The third-order valence-corrected chi connectivity index (χ3v) is 2.93. The van der Waals surface area contributed by atoms with Crippen LogP contribution in [-0.4, -0.2) is 39.8 Å². The maximum Gasteiger partial charge on any atom is 0.407 e. The van der Waals surface area contributed by atoms with Crippen LogP contribution in [0.5, 0.6) is 0 Å². The van der Waals surface area contributed by atoms with Crippen molar-refractivity contribution in [3.8, 4) is 0 Å². The van der Waals surface area contributed by atoms with Crippen molar-refractivity contribution in [2.75, 3.05) is 5.88 Å². The van der Waals surface area contributed by atoms with E-state index in [1.54, 1.807) is 24.3 Å². The van der Waals surface area contributed by atoms with Crippen LogP contribution >= 0.6 is 11.6 Å². The molecule has 1 aromatic rings. The average Bonchev–Trinajstić information content (AvgIpc) is 2.45. The Balaban J connectivity index is 2.48. The molecule has 0 saturated heterocycles. The van der Waals surface area contributed by atoms with Crippen molar-refractivity contribution in [3.05, 3.63) is 35.9 Å². The van der Waals surface area contributed by atoms with Crippen molar-refractivity contribution in [3.63, 3.8) is 0 Å². The largest absolute Gasteiger partial charge is 0.445 e. The summed E-state index contributed by atoms with van der Waals surface area (Å²) in [6.07, 6.45) is -0.865. The first kappa shape index (κ1) is 16.4. The number of ether oxygens (including phenoxy) is 1. The number of halogens is 1. The third kappa shape index (κ3) is 4.48. The molecule has 110 valence electrons. The van der Waals surface area contributed by atoms with E-state index in [2.05, 4.69) is 5.32 Å². The van der Waals surface area contributed by atoms with Gasteiger partial charge in [-0.05, 0) is 12.5 Å². The Kier molecular flexibility index (Phi) is 5.94. The van der Waals surface area contributed by atoms with Crippen LogP contribution in [0.3, 0.4) is 0 Å². The van der Waals surface area contributed by atoms with Gasteiger partial charge in [0.2, 0.25) is 11.6 Å². The molecular formula is C13H16ClNO5. The van der Waals surface area contributed by atoms with Crippen LogP contribution in [0.15, 0.2) is 30.3 Å². The second-order valence-electron chi connectivity index (χ2n) is 4.21. The Hall–Kier alpha value is -1.63. The molecule has 0 spiro atoms. The monoisotopic (exact) mass is 301 g/mol. The fourth-order valence-corrected chi connectivity index (χ4v) is 1.58. The summed E-state index contributed by atoms with van der Waals surface area (Å²) in [6, 6.07) is 7.72. The molecule has 6 nitrogen and oxygen atoms in total. The van der Waals surface area contributed by atoms with E-state index in [1.807, 2.05) is 6.07 Å². The lowest BCUT2D eigenvalue weighted by Gasteiger charge is -2.26. The van der Waals surface area contributed by atoms with Crippen LogP contribution < -0.4 is 5.32 Å². The van der Waals surface area contributed by atoms with Crippen molar-refractivity contribution in [2.24, 2.45) is 0 Å². The second kappa shape index (κ2) is 7.23. The molecule has 0 bridgehead atoms. The van der Waals surface area contributed by atoms with Gasteiger partial charge in [0.05, 0.1) is 11.9 Å². The fraction of sp³-hybridized carbons (Fsp3) is 0.385. The smallest absolute Gasteiger partial charge is 0.407 e. The summed E-state index contributed by atoms with van der Waals surface area (Å²) in [5.41, 5.74) is 0.784. The van der Waals surface area contributed by atoms with Crippen LogP contribution in [-0.2, 0) is 16.1 Å². The Morgan fingerprint density at radius 2 is 1.95 bits per heavy atom. The molecule has 0 aliphatic heterocycles. The van der Waals surface area contributed by atoms with E-state index in [9.17, 15) is 19.8 Å². The first-order valence-corrected chi connectivity index (χ1v) is 6.42. The van der Waals surface area contributed by atoms with E-state index in [-0.39, 0.29) is 6.61 Å². The minimum atomic E-state index is -2.73. The zero-order valence-corrected chi connectivity index (χ0v) is 11.6. The summed E-state index contributed by atoms with van der Waals surface area (Å²) in [7, 11) is 0. The van der Waals surface area contributed by atoms with E-state index in [1.165, 1.54) is 6.92 Å². The van der Waals surface area contributed by atoms with E-state index in [4.69, 9.17) is 16.3 Å². The van der Waals surface area contributed by atoms with Crippen molar-refractivity contribution >= 4 is 23.5 Å². The number of hydrogen-bond donors (Lipinski definition) is 3. The minimum absolute atomic E-state index is 0.0344. The van der Waals surface area contributed by atoms with Crippen LogP contribution in [0.1, 0.15) is 12.5 Å². The van der Waals surface area contributed by atoms with E-state index in [0.29, 0.717) is 0 Å². The maximum atomic E-state index is 11.5. The predicted octanol–water partition coefficient (Wildman–Crippen LogP) is 0.790. The molecule has 0 saturated carbocycles. The van der Waals surface area contributed by atoms with E-state index in [0.717, 1.165) is 5.56 Å². The van der Waals surface area contributed by atoms with Crippen LogP contribution in [0.25, 0.3) is 0 Å². The number of Topliss-reactive ketones (excluding diaryl/α,β-unsaturated/α-hetero) is 1. The molecule has 0 radical (unpaired) electrons.